The van der Waals surface area contributed by atoms with E-state index in [1.165, 1.54) is 5.56 Å². The standard InChI is InChI=1S/C23H27N5O/c1-29-18-6-4-5-17(13-18)19-14-25-27-23(19)16-9-11-28(12-10-16)22-15-24-20-7-2-3-8-21(20)26-22/h2-8,13,15-16,19,23,25,27H,9-12,14H2,1H3. The summed E-state index contributed by atoms with van der Waals surface area (Å²) in [6.45, 7) is 2.98. The second kappa shape index (κ2) is 7.97. The molecule has 2 unspecified atom stereocenters. The summed E-state index contributed by atoms with van der Waals surface area (Å²) in [7, 11) is 1.73. The van der Waals surface area contributed by atoms with E-state index < -0.39 is 0 Å². The van der Waals surface area contributed by atoms with E-state index in [-0.39, 0.29) is 0 Å². The Morgan fingerprint density at radius 2 is 1.86 bits per heavy atom. The minimum atomic E-state index is 0.437. The van der Waals surface area contributed by atoms with Crippen LogP contribution in [0.1, 0.15) is 24.3 Å². The van der Waals surface area contributed by atoms with Crippen LogP contribution in [0.3, 0.4) is 0 Å². The first-order valence-electron chi connectivity index (χ1n) is 10.4. The molecule has 0 amide bonds. The highest BCUT2D eigenvalue weighted by molar-refractivity contribution is 5.75. The number of ether oxygens (including phenoxy) is 1. The first-order chi connectivity index (χ1) is 14.3. The number of hydrazine groups is 1. The van der Waals surface area contributed by atoms with Gasteiger partial charge < -0.3 is 9.64 Å². The Hall–Kier alpha value is -2.70. The van der Waals surface area contributed by atoms with Gasteiger partial charge >= 0.3 is 0 Å². The van der Waals surface area contributed by atoms with Crippen molar-refractivity contribution in [3.63, 3.8) is 0 Å². The van der Waals surface area contributed by atoms with Crippen LogP contribution in [0, 0.1) is 5.92 Å². The fourth-order valence-electron chi connectivity index (χ4n) is 4.75. The number of piperidine rings is 1. The molecular weight excluding hydrogens is 362 g/mol. The number of benzene rings is 2. The normalized spacial score (nSPS) is 22.9. The van der Waals surface area contributed by atoms with E-state index in [0.29, 0.717) is 17.9 Å². The number of nitrogens with one attached hydrogen (secondary N) is 2. The molecule has 0 radical (unpaired) electrons. The lowest BCUT2D eigenvalue weighted by atomic mass is 9.80. The fourth-order valence-corrected chi connectivity index (χ4v) is 4.75. The average Bonchev–Trinajstić information content (AvgIpc) is 3.29. The predicted octanol–water partition coefficient (Wildman–Crippen LogP) is 3.12. The highest BCUT2D eigenvalue weighted by Gasteiger charge is 2.36. The van der Waals surface area contributed by atoms with Gasteiger partial charge in [-0.1, -0.05) is 24.3 Å². The Labute approximate surface area is 171 Å². The van der Waals surface area contributed by atoms with Crippen molar-refractivity contribution >= 4 is 16.9 Å². The van der Waals surface area contributed by atoms with Crippen LogP contribution in [0.25, 0.3) is 11.0 Å². The molecule has 0 saturated carbocycles. The maximum Gasteiger partial charge on any atom is 0.147 e. The molecule has 2 aliphatic heterocycles. The second-order valence-electron chi connectivity index (χ2n) is 7.98. The van der Waals surface area contributed by atoms with Crippen LogP contribution >= 0.6 is 0 Å². The van der Waals surface area contributed by atoms with E-state index in [0.717, 1.165) is 55.1 Å². The number of anilines is 1. The molecule has 1 aromatic heterocycles. The lowest BCUT2D eigenvalue weighted by molar-refractivity contribution is 0.295. The van der Waals surface area contributed by atoms with Gasteiger partial charge in [0.15, 0.2) is 0 Å². The van der Waals surface area contributed by atoms with Crippen molar-refractivity contribution in [2.75, 3.05) is 31.6 Å². The third-order valence-electron chi connectivity index (χ3n) is 6.35. The van der Waals surface area contributed by atoms with Crippen molar-refractivity contribution in [2.24, 2.45) is 5.92 Å². The molecule has 2 atom stereocenters. The van der Waals surface area contributed by atoms with Gasteiger partial charge in [-0.15, -0.1) is 0 Å². The molecule has 150 valence electrons. The number of nitrogens with zero attached hydrogens (tertiary/aromatic N) is 3. The van der Waals surface area contributed by atoms with Gasteiger partial charge in [0.2, 0.25) is 0 Å². The summed E-state index contributed by atoms with van der Waals surface area (Å²) in [5, 5.41) is 0. The predicted molar refractivity (Wildman–Crippen MR) is 115 cm³/mol. The summed E-state index contributed by atoms with van der Waals surface area (Å²) < 4.78 is 5.43. The number of aromatic nitrogens is 2. The van der Waals surface area contributed by atoms with Crippen molar-refractivity contribution in [2.45, 2.75) is 24.8 Å². The maximum atomic E-state index is 5.43. The fraction of sp³-hybridized carbons (Fsp3) is 0.391. The minimum absolute atomic E-state index is 0.437. The Bertz CT molecular complexity index is 986. The number of methoxy groups -OCH3 is 1. The molecule has 2 aromatic carbocycles. The highest BCUT2D eigenvalue weighted by atomic mass is 16.5. The van der Waals surface area contributed by atoms with Crippen molar-refractivity contribution in [3.8, 4) is 5.75 Å². The summed E-state index contributed by atoms with van der Waals surface area (Å²) in [5.41, 5.74) is 10.2. The second-order valence-corrected chi connectivity index (χ2v) is 7.98. The summed E-state index contributed by atoms with van der Waals surface area (Å²) in [6, 6.07) is 17.0. The maximum absolute atomic E-state index is 5.43. The Kier molecular flexibility index (Phi) is 5.04. The van der Waals surface area contributed by atoms with Gasteiger partial charge in [-0.2, -0.15) is 0 Å². The molecule has 29 heavy (non-hydrogen) atoms. The summed E-state index contributed by atoms with van der Waals surface area (Å²) in [4.78, 5) is 11.8. The third kappa shape index (κ3) is 3.66. The summed E-state index contributed by atoms with van der Waals surface area (Å²) >= 11 is 0. The smallest absolute Gasteiger partial charge is 0.147 e. The van der Waals surface area contributed by atoms with Crippen LogP contribution in [-0.4, -0.2) is 42.8 Å². The van der Waals surface area contributed by atoms with Gasteiger partial charge in [-0.25, -0.2) is 4.98 Å². The number of rotatable bonds is 4. The lowest BCUT2D eigenvalue weighted by Gasteiger charge is -2.37. The first kappa shape index (κ1) is 18.3. The molecule has 3 heterocycles. The molecular formula is C23H27N5O. The van der Waals surface area contributed by atoms with Gasteiger partial charge in [-0.05, 0) is 48.6 Å². The average molecular weight is 390 g/mol. The number of para-hydroxylation sites is 2. The van der Waals surface area contributed by atoms with Crippen LogP contribution in [0.5, 0.6) is 5.75 Å². The number of hydrogen-bond acceptors (Lipinski definition) is 6. The van der Waals surface area contributed by atoms with E-state index in [1.807, 2.05) is 36.5 Å². The van der Waals surface area contributed by atoms with Gasteiger partial charge in [0.05, 0.1) is 24.3 Å². The van der Waals surface area contributed by atoms with Gasteiger partial charge in [0.1, 0.15) is 11.6 Å². The van der Waals surface area contributed by atoms with E-state index >= 15 is 0 Å². The van der Waals surface area contributed by atoms with Crippen LogP contribution in [-0.2, 0) is 0 Å². The van der Waals surface area contributed by atoms with Crippen molar-refractivity contribution in [1.29, 1.82) is 0 Å². The molecule has 3 aromatic rings. The van der Waals surface area contributed by atoms with Crippen molar-refractivity contribution in [3.05, 3.63) is 60.3 Å². The molecule has 5 rings (SSSR count). The molecule has 6 nitrogen and oxygen atoms in total. The summed E-state index contributed by atoms with van der Waals surface area (Å²) in [5.74, 6) is 3.01. The topological polar surface area (TPSA) is 62.3 Å². The highest BCUT2D eigenvalue weighted by Crippen LogP contribution is 2.34. The van der Waals surface area contributed by atoms with E-state index in [2.05, 4.69) is 38.9 Å². The van der Waals surface area contributed by atoms with Crippen LogP contribution in [0.15, 0.2) is 54.7 Å². The van der Waals surface area contributed by atoms with Gasteiger partial charge in [-0.3, -0.25) is 15.8 Å². The van der Waals surface area contributed by atoms with Gasteiger partial charge in [0.25, 0.3) is 0 Å². The van der Waals surface area contributed by atoms with E-state index in [4.69, 9.17) is 9.72 Å². The van der Waals surface area contributed by atoms with Crippen LogP contribution < -0.4 is 20.5 Å². The van der Waals surface area contributed by atoms with E-state index in [1.54, 1.807) is 7.11 Å². The zero-order chi connectivity index (χ0) is 19.6. The zero-order valence-corrected chi connectivity index (χ0v) is 16.7. The Balaban J connectivity index is 1.28. The van der Waals surface area contributed by atoms with Crippen LogP contribution in [0.2, 0.25) is 0 Å². The zero-order valence-electron chi connectivity index (χ0n) is 16.7. The van der Waals surface area contributed by atoms with Crippen molar-refractivity contribution < 1.29 is 4.74 Å². The van der Waals surface area contributed by atoms with Crippen LogP contribution in [0.4, 0.5) is 5.82 Å². The van der Waals surface area contributed by atoms with E-state index in [9.17, 15) is 0 Å². The number of fused-ring (bicyclic) bond motifs is 1. The monoisotopic (exact) mass is 389 g/mol. The molecule has 2 saturated heterocycles. The lowest BCUT2D eigenvalue weighted by Crippen LogP contribution is -2.44. The molecule has 0 bridgehead atoms. The Morgan fingerprint density at radius 1 is 1.03 bits per heavy atom. The first-order valence-corrected chi connectivity index (χ1v) is 10.4. The Morgan fingerprint density at radius 3 is 2.69 bits per heavy atom. The SMILES string of the molecule is COc1cccc(C2CNNC2C2CCN(c3cnc4ccccc4n3)CC2)c1. The van der Waals surface area contributed by atoms with Crippen molar-refractivity contribution in [1.82, 2.24) is 20.8 Å². The quantitative estimate of drug-likeness (QED) is 0.715. The summed E-state index contributed by atoms with van der Waals surface area (Å²) in [6.07, 6.45) is 4.21. The molecule has 2 N–H and O–H groups in total. The minimum Gasteiger partial charge on any atom is -0.497 e. The molecule has 6 heteroatoms. The third-order valence-corrected chi connectivity index (χ3v) is 6.35. The van der Waals surface area contributed by atoms with Gasteiger partial charge in [0, 0.05) is 31.6 Å². The molecule has 2 aliphatic rings. The largest absolute Gasteiger partial charge is 0.497 e. The molecule has 2 fully saturated rings. The molecule has 0 spiro atoms. The number of hydrogen-bond donors (Lipinski definition) is 2. The molecule has 0 aliphatic carbocycles.